The fraction of sp³-hybridized carbons (Fsp3) is 0.250. The molecule has 1 atom stereocenters. The second kappa shape index (κ2) is 5.71. The molecule has 0 aromatic heterocycles. The number of halogens is 1. The molecule has 0 radical (unpaired) electrons. The smallest absolute Gasteiger partial charge is 0.338 e. The lowest BCUT2D eigenvalue weighted by Crippen LogP contribution is -2.12. The van der Waals surface area contributed by atoms with Crippen molar-refractivity contribution >= 4 is 21.9 Å². The minimum absolute atomic E-state index is 0.256. The van der Waals surface area contributed by atoms with Crippen LogP contribution in [-0.4, -0.2) is 12.1 Å². The molecule has 1 rings (SSSR count). The number of benzene rings is 1. The first kappa shape index (κ1) is 12.0. The Morgan fingerprint density at radius 1 is 1.53 bits per heavy atom. The molecule has 1 aromatic rings. The van der Waals surface area contributed by atoms with Crippen LogP contribution in [0.3, 0.4) is 0 Å². The number of esters is 1. The van der Waals surface area contributed by atoms with Gasteiger partial charge in [-0.15, -0.1) is 0 Å². The molecule has 80 valence electrons. The quantitative estimate of drug-likeness (QED) is 0.476. The van der Waals surface area contributed by atoms with Gasteiger partial charge in [0, 0.05) is 5.33 Å². The van der Waals surface area contributed by atoms with Crippen molar-refractivity contribution in [3.63, 3.8) is 0 Å². The van der Waals surface area contributed by atoms with Crippen LogP contribution in [0.4, 0.5) is 0 Å². The Hall–Kier alpha value is -1.09. The van der Waals surface area contributed by atoms with Crippen molar-refractivity contribution in [3.8, 4) is 0 Å². The summed E-state index contributed by atoms with van der Waals surface area (Å²) in [5.41, 5.74) is 1.69. The number of carbonyl (C=O) groups excluding carboxylic acids is 1. The van der Waals surface area contributed by atoms with E-state index in [0.29, 0.717) is 5.56 Å². The highest BCUT2D eigenvalue weighted by atomic mass is 79.9. The van der Waals surface area contributed by atoms with Crippen molar-refractivity contribution in [2.45, 2.75) is 18.4 Å². The lowest BCUT2D eigenvalue weighted by molar-refractivity contribution is 0.0425. The maximum absolute atomic E-state index is 11.5. The zero-order chi connectivity index (χ0) is 11.3. The van der Waals surface area contributed by atoms with Gasteiger partial charge in [-0.25, -0.2) is 4.79 Å². The van der Waals surface area contributed by atoms with Crippen LogP contribution in [-0.2, 0) is 10.1 Å². The van der Waals surface area contributed by atoms with Crippen LogP contribution in [0.15, 0.2) is 36.9 Å². The summed E-state index contributed by atoms with van der Waals surface area (Å²) >= 11 is 3.34. The first-order chi connectivity index (χ1) is 7.17. The average Bonchev–Trinajstić information content (AvgIpc) is 2.29. The van der Waals surface area contributed by atoms with Crippen LogP contribution in [0.5, 0.6) is 0 Å². The maximum atomic E-state index is 11.5. The number of hydrogen-bond acceptors (Lipinski definition) is 2. The lowest BCUT2D eigenvalue weighted by Gasteiger charge is -2.08. The van der Waals surface area contributed by atoms with Gasteiger partial charge in [-0.2, -0.15) is 0 Å². The summed E-state index contributed by atoms with van der Waals surface area (Å²) in [7, 11) is 0. The van der Waals surface area contributed by atoms with Crippen molar-refractivity contribution < 1.29 is 9.53 Å². The highest BCUT2D eigenvalue weighted by Crippen LogP contribution is 2.09. The van der Waals surface area contributed by atoms with Crippen LogP contribution in [0.2, 0.25) is 0 Å². The third-order valence-electron chi connectivity index (χ3n) is 1.97. The Morgan fingerprint density at radius 3 is 2.60 bits per heavy atom. The molecule has 0 aliphatic carbocycles. The molecule has 0 aliphatic heterocycles. The zero-order valence-corrected chi connectivity index (χ0v) is 10.2. The van der Waals surface area contributed by atoms with Gasteiger partial charge in [-0.1, -0.05) is 40.7 Å². The minimum atomic E-state index is -0.316. The predicted octanol–water partition coefficient (Wildman–Crippen LogP) is 3.31. The van der Waals surface area contributed by atoms with E-state index in [0.717, 1.165) is 10.9 Å². The van der Waals surface area contributed by atoms with Crippen LogP contribution in [0.25, 0.3) is 0 Å². The number of rotatable bonds is 4. The summed E-state index contributed by atoms with van der Waals surface area (Å²) in [4.78, 5) is 11.5. The van der Waals surface area contributed by atoms with Crippen molar-refractivity contribution in [1.29, 1.82) is 0 Å². The van der Waals surface area contributed by atoms with Crippen molar-refractivity contribution in [1.82, 2.24) is 0 Å². The van der Waals surface area contributed by atoms with Gasteiger partial charge in [0.1, 0.15) is 6.10 Å². The summed E-state index contributed by atoms with van der Waals surface area (Å²) < 4.78 is 5.09. The summed E-state index contributed by atoms with van der Waals surface area (Å²) in [6, 6.07) is 7.30. The van der Waals surface area contributed by atoms with Gasteiger partial charge in [-0.3, -0.25) is 0 Å². The fourth-order valence-electron chi connectivity index (χ4n) is 1.01. The first-order valence-corrected chi connectivity index (χ1v) is 5.78. The second-order valence-electron chi connectivity index (χ2n) is 3.18. The topological polar surface area (TPSA) is 26.3 Å². The Morgan fingerprint density at radius 2 is 2.13 bits per heavy atom. The van der Waals surface area contributed by atoms with Crippen molar-refractivity contribution in [3.05, 3.63) is 48.0 Å². The monoisotopic (exact) mass is 268 g/mol. The Bertz CT molecular complexity index is 343. The molecular weight excluding hydrogens is 256 g/mol. The van der Waals surface area contributed by atoms with Gasteiger partial charge in [0.05, 0.1) is 5.56 Å². The third kappa shape index (κ3) is 3.51. The Labute approximate surface area is 98.1 Å². The van der Waals surface area contributed by atoms with E-state index in [1.54, 1.807) is 25.1 Å². The minimum Gasteiger partial charge on any atom is -0.455 e. The summed E-state index contributed by atoms with van der Waals surface area (Å²) in [5, 5.41) is 0.783. The van der Waals surface area contributed by atoms with E-state index in [9.17, 15) is 4.79 Å². The second-order valence-corrected chi connectivity index (χ2v) is 3.74. The molecule has 1 aromatic carbocycles. The van der Waals surface area contributed by atoms with Gasteiger partial charge in [0.2, 0.25) is 0 Å². The highest BCUT2D eigenvalue weighted by molar-refractivity contribution is 9.08. The SMILES string of the molecule is C=CC(C)OC(=O)c1ccc(CBr)cc1. The Balaban J connectivity index is 2.70. The van der Waals surface area contributed by atoms with E-state index in [1.165, 1.54) is 0 Å². The van der Waals surface area contributed by atoms with Gasteiger partial charge < -0.3 is 4.74 Å². The molecule has 2 nitrogen and oxygen atoms in total. The van der Waals surface area contributed by atoms with Gasteiger partial charge >= 0.3 is 5.97 Å². The molecule has 15 heavy (non-hydrogen) atoms. The highest BCUT2D eigenvalue weighted by Gasteiger charge is 2.08. The summed E-state index contributed by atoms with van der Waals surface area (Å²) in [6.07, 6.45) is 1.33. The predicted molar refractivity (Wildman–Crippen MR) is 64.1 cm³/mol. The summed E-state index contributed by atoms with van der Waals surface area (Å²) in [6.45, 7) is 5.33. The van der Waals surface area contributed by atoms with E-state index in [4.69, 9.17) is 4.74 Å². The molecule has 0 N–H and O–H groups in total. The van der Waals surface area contributed by atoms with E-state index in [-0.39, 0.29) is 12.1 Å². The average molecular weight is 269 g/mol. The van der Waals surface area contributed by atoms with E-state index < -0.39 is 0 Å². The summed E-state index contributed by atoms with van der Waals surface area (Å²) in [5.74, 6) is -0.316. The van der Waals surface area contributed by atoms with Gasteiger partial charge in [0.25, 0.3) is 0 Å². The van der Waals surface area contributed by atoms with Crippen LogP contribution in [0.1, 0.15) is 22.8 Å². The standard InChI is InChI=1S/C12H13BrO2/c1-3-9(2)15-12(14)11-6-4-10(8-13)5-7-11/h3-7,9H,1,8H2,2H3. The molecule has 0 saturated heterocycles. The molecule has 3 heteroatoms. The third-order valence-corrected chi connectivity index (χ3v) is 2.62. The molecule has 0 fully saturated rings. The van der Waals surface area contributed by atoms with Crippen LogP contribution >= 0.6 is 15.9 Å². The van der Waals surface area contributed by atoms with Crippen molar-refractivity contribution in [2.75, 3.05) is 0 Å². The fourth-order valence-corrected chi connectivity index (χ4v) is 1.39. The number of alkyl halides is 1. The largest absolute Gasteiger partial charge is 0.455 e. The van der Waals surface area contributed by atoms with Crippen LogP contribution in [0, 0.1) is 0 Å². The maximum Gasteiger partial charge on any atom is 0.338 e. The molecule has 0 amide bonds. The molecule has 1 unspecified atom stereocenters. The first-order valence-electron chi connectivity index (χ1n) is 4.66. The molecule has 0 spiro atoms. The molecule has 0 saturated carbocycles. The zero-order valence-electron chi connectivity index (χ0n) is 8.57. The molecular formula is C12H13BrO2. The van der Waals surface area contributed by atoms with E-state index in [1.807, 2.05) is 12.1 Å². The van der Waals surface area contributed by atoms with Gasteiger partial charge in [0.15, 0.2) is 0 Å². The normalized spacial score (nSPS) is 11.9. The molecule has 0 bridgehead atoms. The number of hydrogen-bond donors (Lipinski definition) is 0. The molecule has 0 heterocycles. The number of carbonyl (C=O) groups is 1. The Kier molecular flexibility index (Phi) is 4.56. The number of ether oxygens (including phenoxy) is 1. The van der Waals surface area contributed by atoms with Crippen molar-refractivity contribution in [2.24, 2.45) is 0 Å². The molecule has 0 aliphatic rings. The van der Waals surface area contributed by atoms with E-state index in [2.05, 4.69) is 22.5 Å². The van der Waals surface area contributed by atoms with Crippen LogP contribution < -0.4 is 0 Å². The lowest BCUT2D eigenvalue weighted by atomic mass is 10.1. The van der Waals surface area contributed by atoms with E-state index >= 15 is 0 Å². The van der Waals surface area contributed by atoms with Gasteiger partial charge in [-0.05, 0) is 24.6 Å².